The Morgan fingerprint density at radius 3 is 2.54 bits per heavy atom. The molecule has 2 aromatic carbocycles. The van der Waals surface area contributed by atoms with Gasteiger partial charge in [-0.1, -0.05) is 6.07 Å². The maximum absolute atomic E-state index is 13.4. The first-order valence-corrected chi connectivity index (χ1v) is 9.99. The van der Waals surface area contributed by atoms with E-state index in [9.17, 15) is 9.18 Å². The molecule has 4 aliphatic rings. The normalized spacial score (nSPS) is 26.2. The first-order valence-electron chi connectivity index (χ1n) is 9.99. The summed E-state index contributed by atoms with van der Waals surface area (Å²) in [6, 6.07) is 12.4. The third-order valence-electron chi connectivity index (χ3n) is 6.68. The minimum absolute atomic E-state index is 0.121. The van der Waals surface area contributed by atoms with Crippen molar-refractivity contribution in [3.05, 3.63) is 59.5 Å². The van der Waals surface area contributed by atoms with Gasteiger partial charge in [0, 0.05) is 18.0 Å². The van der Waals surface area contributed by atoms with Crippen molar-refractivity contribution < 1.29 is 9.18 Å². The molecule has 1 aromatic heterocycles. The molecule has 0 spiro atoms. The SMILES string of the molecule is O=C1c2cccc3c2c(nn3-c2ccc(F)cc2)CN1[C@@H]1CN2CCC1CC2. The largest absolute Gasteiger partial charge is 0.328 e. The molecule has 28 heavy (non-hydrogen) atoms. The minimum Gasteiger partial charge on any atom is -0.328 e. The maximum Gasteiger partial charge on any atom is 0.255 e. The lowest BCUT2D eigenvalue weighted by Crippen LogP contribution is -2.59. The Morgan fingerprint density at radius 2 is 1.82 bits per heavy atom. The highest BCUT2D eigenvalue weighted by atomic mass is 19.1. The molecule has 0 N–H and O–H groups in total. The van der Waals surface area contributed by atoms with Crippen LogP contribution in [-0.4, -0.2) is 51.2 Å². The van der Waals surface area contributed by atoms with Gasteiger partial charge in [0.2, 0.25) is 0 Å². The van der Waals surface area contributed by atoms with Crippen LogP contribution in [0.1, 0.15) is 28.9 Å². The fourth-order valence-corrected chi connectivity index (χ4v) is 5.26. The summed E-state index contributed by atoms with van der Waals surface area (Å²) in [7, 11) is 0. The Hall–Kier alpha value is -2.73. The number of hydrogen-bond acceptors (Lipinski definition) is 3. The van der Waals surface area contributed by atoms with E-state index in [-0.39, 0.29) is 17.8 Å². The highest BCUT2D eigenvalue weighted by Crippen LogP contribution is 2.37. The van der Waals surface area contributed by atoms with Crippen LogP contribution in [-0.2, 0) is 6.54 Å². The summed E-state index contributed by atoms with van der Waals surface area (Å²) in [5.41, 5.74) is 3.38. The van der Waals surface area contributed by atoms with Crippen LogP contribution in [0.5, 0.6) is 0 Å². The molecule has 4 aliphatic heterocycles. The van der Waals surface area contributed by atoms with Gasteiger partial charge in [0.25, 0.3) is 5.91 Å². The Kier molecular flexibility index (Phi) is 3.41. The summed E-state index contributed by atoms with van der Waals surface area (Å²) in [6.07, 6.45) is 2.35. The van der Waals surface area contributed by atoms with Gasteiger partial charge >= 0.3 is 0 Å². The van der Waals surface area contributed by atoms with E-state index >= 15 is 0 Å². The van der Waals surface area contributed by atoms with Gasteiger partial charge in [-0.15, -0.1) is 0 Å². The Bertz CT molecular complexity index is 1080. The van der Waals surface area contributed by atoms with E-state index in [1.165, 1.54) is 25.0 Å². The lowest BCUT2D eigenvalue weighted by atomic mass is 9.82. The van der Waals surface area contributed by atoms with Crippen molar-refractivity contribution in [2.75, 3.05) is 19.6 Å². The molecule has 3 fully saturated rings. The fraction of sp³-hybridized carbons (Fsp3) is 0.364. The first kappa shape index (κ1) is 16.2. The minimum atomic E-state index is -0.269. The first-order chi connectivity index (χ1) is 13.7. The van der Waals surface area contributed by atoms with Crippen molar-refractivity contribution in [3.63, 3.8) is 0 Å². The van der Waals surface area contributed by atoms with Crippen molar-refractivity contribution in [3.8, 4) is 5.69 Å². The van der Waals surface area contributed by atoms with Crippen LogP contribution in [0.2, 0.25) is 0 Å². The van der Waals surface area contributed by atoms with E-state index in [1.807, 2.05) is 22.9 Å². The molecule has 2 bridgehead atoms. The number of piperidine rings is 3. The van der Waals surface area contributed by atoms with Crippen molar-refractivity contribution in [2.45, 2.75) is 25.4 Å². The average molecular weight is 376 g/mol. The summed E-state index contributed by atoms with van der Waals surface area (Å²) in [5, 5.41) is 5.79. The standard InChI is InChI=1S/C22H21FN4O/c23-15-4-6-16(7-5-15)27-19-3-1-2-17-21(19)18(24-27)12-26(22(17)28)20-13-25-10-8-14(20)9-11-25/h1-7,14,20H,8-13H2/t20-/m1/s1. The van der Waals surface area contributed by atoms with E-state index in [4.69, 9.17) is 5.10 Å². The lowest BCUT2D eigenvalue weighted by molar-refractivity contribution is 0.00364. The molecule has 1 atom stereocenters. The zero-order valence-corrected chi connectivity index (χ0v) is 15.5. The number of hydrogen-bond donors (Lipinski definition) is 0. The molecule has 0 aliphatic carbocycles. The number of halogens is 1. The maximum atomic E-state index is 13.4. The summed E-state index contributed by atoms with van der Waals surface area (Å²) in [5.74, 6) is 0.443. The molecule has 3 aromatic rings. The number of benzene rings is 2. The van der Waals surface area contributed by atoms with E-state index in [2.05, 4.69) is 9.80 Å². The lowest BCUT2D eigenvalue weighted by Gasteiger charge is -2.49. The molecule has 1 amide bonds. The van der Waals surface area contributed by atoms with Crippen LogP contribution < -0.4 is 0 Å². The van der Waals surface area contributed by atoms with Gasteiger partial charge in [-0.05, 0) is 68.2 Å². The zero-order valence-electron chi connectivity index (χ0n) is 15.5. The number of rotatable bonds is 2. The molecular formula is C22H21FN4O. The van der Waals surface area contributed by atoms with Gasteiger partial charge < -0.3 is 9.80 Å². The van der Waals surface area contributed by atoms with Gasteiger partial charge in [0.15, 0.2) is 0 Å². The van der Waals surface area contributed by atoms with Crippen molar-refractivity contribution >= 4 is 16.8 Å². The Morgan fingerprint density at radius 1 is 1.04 bits per heavy atom. The summed E-state index contributed by atoms with van der Waals surface area (Å²) in [6.45, 7) is 3.84. The Labute approximate surface area is 162 Å². The average Bonchev–Trinajstić information content (AvgIpc) is 3.11. The topological polar surface area (TPSA) is 41.4 Å². The predicted octanol–water partition coefficient (Wildman–Crippen LogP) is 3.21. The summed E-state index contributed by atoms with van der Waals surface area (Å²) in [4.78, 5) is 17.9. The summed E-state index contributed by atoms with van der Waals surface area (Å²) >= 11 is 0. The molecule has 3 saturated heterocycles. The molecular weight excluding hydrogens is 355 g/mol. The number of amides is 1. The monoisotopic (exact) mass is 376 g/mol. The number of nitrogens with zero attached hydrogens (tertiary/aromatic N) is 4. The van der Waals surface area contributed by atoms with Crippen LogP contribution >= 0.6 is 0 Å². The fourth-order valence-electron chi connectivity index (χ4n) is 5.26. The summed E-state index contributed by atoms with van der Waals surface area (Å²) < 4.78 is 15.2. The van der Waals surface area contributed by atoms with Crippen LogP contribution in [0.3, 0.4) is 0 Å². The molecule has 5 nitrogen and oxygen atoms in total. The third kappa shape index (κ3) is 2.27. The van der Waals surface area contributed by atoms with E-state index in [0.717, 1.165) is 47.5 Å². The van der Waals surface area contributed by atoms with Crippen LogP contribution in [0.4, 0.5) is 4.39 Å². The van der Waals surface area contributed by atoms with E-state index < -0.39 is 0 Å². The van der Waals surface area contributed by atoms with Crippen molar-refractivity contribution in [2.24, 2.45) is 5.92 Å². The number of fused-ring (bicyclic) bond motifs is 3. The molecule has 142 valence electrons. The molecule has 0 unspecified atom stereocenters. The van der Waals surface area contributed by atoms with Gasteiger partial charge in [-0.25, -0.2) is 9.07 Å². The second-order valence-corrected chi connectivity index (χ2v) is 8.17. The zero-order chi connectivity index (χ0) is 18.8. The third-order valence-corrected chi connectivity index (χ3v) is 6.68. The highest BCUT2D eigenvalue weighted by Gasteiger charge is 2.42. The van der Waals surface area contributed by atoms with Crippen LogP contribution in [0, 0.1) is 11.7 Å². The molecule has 0 saturated carbocycles. The number of carbonyl (C=O) groups is 1. The van der Waals surface area contributed by atoms with Crippen LogP contribution in [0.15, 0.2) is 42.5 Å². The van der Waals surface area contributed by atoms with E-state index in [0.29, 0.717) is 12.5 Å². The second-order valence-electron chi connectivity index (χ2n) is 8.17. The molecule has 7 rings (SSSR count). The van der Waals surface area contributed by atoms with Crippen LogP contribution in [0.25, 0.3) is 16.6 Å². The number of carbonyl (C=O) groups excluding carboxylic acids is 1. The Balaban J connectivity index is 1.45. The van der Waals surface area contributed by atoms with Crippen molar-refractivity contribution in [1.29, 1.82) is 0 Å². The van der Waals surface area contributed by atoms with Gasteiger partial charge in [0.05, 0.1) is 29.0 Å². The number of aromatic nitrogens is 2. The van der Waals surface area contributed by atoms with Gasteiger partial charge in [0.1, 0.15) is 5.82 Å². The quantitative estimate of drug-likeness (QED) is 0.690. The van der Waals surface area contributed by atoms with Gasteiger partial charge in [-0.2, -0.15) is 5.10 Å². The second kappa shape index (κ2) is 5.88. The smallest absolute Gasteiger partial charge is 0.255 e. The van der Waals surface area contributed by atoms with E-state index in [1.54, 1.807) is 12.1 Å². The molecule has 5 heterocycles. The predicted molar refractivity (Wildman–Crippen MR) is 104 cm³/mol. The van der Waals surface area contributed by atoms with Crippen molar-refractivity contribution in [1.82, 2.24) is 19.6 Å². The molecule has 0 radical (unpaired) electrons. The molecule has 6 heteroatoms. The highest BCUT2D eigenvalue weighted by molar-refractivity contribution is 6.09. The van der Waals surface area contributed by atoms with Gasteiger partial charge in [-0.3, -0.25) is 4.79 Å².